The summed E-state index contributed by atoms with van der Waals surface area (Å²) in [6.45, 7) is 9.79. The predicted molar refractivity (Wildman–Crippen MR) is 62.7 cm³/mol. The standard InChI is InChI=1S/C12H27NO/c1-6-13-11(2)9-7-8-10-12(3,4)14-5/h11,13H,6-10H2,1-5H3. The van der Waals surface area contributed by atoms with Gasteiger partial charge in [0.2, 0.25) is 0 Å². The zero-order valence-corrected chi connectivity index (χ0v) is 10.5. The number of methoxy groups -OCH3 is 1. The number of rotatable bonds is 8. The largest absolute Gasteiger partial charge is 0.379 e. The highest BCUT2D eigenvalue weighted by Gasteiger charge is 2.15. The van der Waals surface area contributed by atoms with E-state index in [2.05, 4.69) is 33.0 Å². The van der Waals surface area contributed by atoms with E-state index in [4.69, 9.17) is 4.74 Å². The fourth-order valence-corrected chi connectivity index (χ4v) is 1.55. The molecule has 1 unspecified atom stereocenters. The van der Waals surface area contributed by atoms with Gasteiger partial charge in [-0.15, -0.1) is 0 Å². The second kappa shape index (κ2) is 7.24. The summed E-state index contributed by atoms with van der Waals surface area (Å²) in [6.07, 6.45) is 4.98. The van der Waals surface area contributed by atoms with E-state index in [1.165, 1.54) is 19.3 Å². The molecule has 1 atom stereocenters. The van der Waals surface area contributed by atoms with Crippen LogP contribution in [-0.4, -0.2) is 25.3 Å². The number of ether oxygens (including phenoxy) is 1. The van der Waals surface area contributed by atoms with Crippen molar-refractivity contribution >= 4 is 0 Å². The third-order valence-corrected chi connectivity index (χ3v) is 2.77. The third-order valence-electron chi connectivity index (χ3n) is 2.77. The van der Waals surface area contributed by atoms with E-state index in [-0.39, 0.29) is 5.60 Å². The Morgan fingerprint density at radius 3 is 2.43 bits per heavy atom. The Labute approximate surface area is 89.4 Å². The maximum atomic E-state index is 5.38. The second-order valence-electron chi connectivity index (χ2n) is 4.67. The molecular weight excluding hydrogens is 174 g/mol. The van der Waals surface area contributed by atoms with Crippen LogP contribution in [0.4, 0.5) is 0 Å². The summed E-state index contributed by atoms with van der Waals surface area (Å²) < 4.78 is 5.38. The Kier molecular flexibility index (Phi) is 7.20. The van der Waals surface area contributed by atoms with Crippen molar-refractivity contribution in [2.24, 2.45) is 0 Å². The molecule has 0 saturated heterocycles. The first-order valence-electron chi connectivity index (χ1n) is 5.80. The van der Waals surface area contributed by atoms with Crippen LogP contribution in [0, 0.1) is 0 Å². The van der Waals surface area contributed by atoms with E-state index in [1.54, 1.807) is 7.11 Å². The molecule has 0 aliphatic carbocycles. The summed E-state index contributed by atoms with van der Waals surface area (Å²) in [5.41, 5.74) is 0.0570. The van der Waals surface area contributed by atoms with Crippen LogP contribution in [0.2, 0.25) is 0 Å². The molecule has 2 heteroatoms. The molecule has 0 spiro atoms. The van der Waals surface area contributed by atoms with E-state index in [1.807, 2.05) is 0 Å². The van der Waals surface area contributed by atoms with E-state index >= 15 is 0 Å². The SMILES string of the molecule is CCNC(C)CCCCC(C)(C)OC. The maximum Gasteiger partial charge on any atom is 0.0622 e. The highest BCUT2D eigenvalue weighted by molar-refractivity contribution is 4.68. The summed E-state index contributed by atoms with van der Waals surface area (Å²) >= 11 is 0. The molecule has 2 nitrogen and oxygen atoms in total. The molecule has 0 aliphatic rings. The molecule has 0 fully saturated rings. The van der Waals surface area contributed by atoms with Crippen LogP contribution in [-0.2, 0) is 4.74 Å². The van der Waals surface area contributed by atoms with Crippen LogP contribution in [0.1, 0.15) is 53.4 Å². The molecule has 0 aromatic heterocycles. The van der Waals surface area contributed by atoms with Crippen LogP contribution in [0.25, 0.3) is 0 Å². The van der Waals surface area contributed by atoms with Crippen LogP contribution in [0.5, 0.6) is 0 Å². The molecule has 86 valence electrons. The molecule has 0 radical (unpaired) electrons. The topological polar surface area (TPSA) is 21.3 Å². The molecule has 0 amide bonds. The Bertz CT molecular complexity index is 134. The average Bonchev–Trinajstić information content (AvgIpc) is 2.13. The van der Waals surface area contributed by atoms with Crippen molar-refractivity contribution in [2.75, 3.05) is 13.7 Å². The molecule has 1 N–H and O–H groups in total. The number of hydrogen-bond acceptors (Lipinski definition) is 2. The van der Waals surface area contributed by atoms with Crippen molar-refractivity contribution in [1.29, 1.82) is 0 Å². The number of nitrogens with one attached hydrogen (secondary N) is 1. The van der Waals surface area contributed by atoms with Crippen LogP contribution in [0.15, 0.2) is 0 Å². The Morgan fingerprint density at radius 2 is 1.93 bits per heavy atom. The van der Waals surface area contributed by atoms with Gasteiger partial charge in [0.15, 0.2) is 0 Å². The van der Waals surface area contributed by atoms with Gasteiger partial charge in [0.25, 0.3) is 0 Å². The molecule has 0 aromatic rings. The van der Waals surface area contributed by atoms with Gasteiger partial charge in [-0.25, -0.2) is 0 Å². The predicted octanol–water partition coefficient (Wildman–Crippen LogP) is 2.97. The summed E-state index contributed by atoms with van der Waals surface area (Å²) in [6, 6.07) is 0.658. The first-order valence-corrected chi connectivity index (χ1v) is 5.80. The average molecular weight is 201 g/mol. The van der Waals surface area contributed by atoms with Crippen molar-refractivity contribution in [1.82, 2.24) is 5.32 Å². The fourth-order valence-electron chi connectivity index (χ4n) is 1.55. The van der Waals surface area contributed by atoms with Gasteiger partial charge >= 0.3 is 0 Å². The number of unbranched alkanes of at least 4 members (excludes halogenated alkanes) is 1. The van der Waals surface area contributed by atoms with Crippen molar-refractivity contribution in [3.05, 3.63) is 0 Å². The summed E-state index contributed by atoms with van der Waals surface area (Å²) in [4.78, 5) is 0. The highest BCUT2D eigenvalue weighted by atomic mass is 16.5. The van der Waals surface area contributed by atoms with E-state index in [0.717, 1.165) is 13.0 Å². The van der Waals surface area contributed by atoms with Crippen molar-refractivity contribution < 1.29 is 4.74 Å². The van der Waals surface area contributed by atoms with E-state index < -0.39 is 0 Å². The summed E-state index contributed by atoms with van der Waals surface area (Å²) in [5, 5.41) is 3.43. The minimum absolute atomic E-state index is 0.0570. The van der Waals surface area contributed by atoms with Crippen LogP contribution in [0.3, 0.4) is 0 Å². The zero-order chi connectivity index (χ0) is 11.0. The number of hydrogen-bond donors (Lipinski definition) is 1. The first-order chi connectivity index (χ1) is 6.52. The van der Waals surface area contributed by atoms with Gasteiger partial charge in [0, 0.05) is 13.2 Å². The van der Waals surface area contributed by atoms with Crippen molar-refractivity contribution in [2.45, 2.75) is 65.0 Å². The van der Waals surface area contributed by atoms with Crippen molar-refractivity contribution in [3.8, 4) is 0 Å². The van der Waals surface area contributed by atoms with Gasteiger partial charge in [-0.2, -0.15) is 0 Å². The molecule has 0 saturated carbocycles. The molecule has 0 aliphatic heterocycles. The van der Waals surface area contributed by atoms with Gasteiger partial charge in [-0.1, -0.05) is 19.8 Å². The summed E-state index contributed by atoms with van der Waals surface area (Å²) in [7, 11) is 1.79. The lowest BCUT2D eigenvalue weighted by atomic mass is 9.99. The molecule has 0 rings (SSSR count). The van der Waals surface area contributed by atoms with Crippen molar-refractivity contribution in [3.63, 3.8) is 0 Å². The van der Waals surface area contributed by atoms with Gasteiger partial charge < -0.3 is 10.1 Å². The molecule has 0 bridgehead atoms. The second-order valence-corrected chi connectivity index (χ2v) is 4.67. The normalized spacial score (nSPS) is 14.4. The fraction of sp³-hybridized carbons (Fsp3) is 1.00. The summed E-state index contributed by atoms with van der Waals surface area (Å²) in [5.74, 6) is 0. The molecular formula is C12H27NO. The van der Waals surface area contributed by atoms with E-state index in [9.17, 15) is 0 Å². The maximum absolute atomic E-state index is 5.38. The van der Waals surface area contributed by atoms with Gasteiger partial charge in [-0.3, -0.25) is 0 Å². The van der Waals surface area contributed by atoms with Crippen LogP contribution < -0.4 is 5.32 Å². The Hall–Kier alpha value is -0.0800. The third kappa shape index (κ3) is 7.34. The minimum Gasteiger partial charge on any atom is -0.379 e. The lowest BCUT2D eigenvalue weighted by Gasteiger charge is -2.23. The zero-order valence-electron chi connectivity index (χ0n) is 10.5. The molecule has 0 heterocycles. The lowest BCUT2D eigenvalue weighted by molar-refractivity contribution is 0.0133. The first kappa shape index (κ1) is 13.9. The Morgan fingerprint density at radius 1 is 1.29 bits per heavy atom. The monoisotopic (exact) mass is 201 g/mol. The van der Waals surface area contributed by atoms with Crippen LogP contribution >= 0.6 is 0 Å². The Balaban J connectivity index is 3.37. The quantitative estimate of drug-likeness (QED) is 0.610. The molecule has 0 aromatic carbocycles. The lowest BCUT2D eigenvalue weighted by Crippen LogP contribution is -2.26. The minimum atomic E-state index is 0.0570. The van der Waals surface area contributed by atoms with Gasteiger partial charge in [0.05, 0.1) is 5.60 Å². The van der Waals surface area contributed by atoms with E-state index in [0.29, 0.717) is 6.04 Å². The van der Waals surface area contributed by atoms with Gasteiger partial charge in [-0.05, 0) is 40.2 Å². The molecule has 14 heavy (non-hydrogen) atoms. The smallest absolute Gasteiger partial charge is 0.0622 e. The highest BCUT2D eigenvalue weighted by Crippen LogP contribution is 2.17. The van der Waals surface area contributed by atoms with Gasteiger partial charge in [0.1, 0.15) is 0 Å².